The van der Waals surface area contributed by atoms with Crippen LogP contribution >= 0.6 is 11.3 Å². The predicted octanol–water partition coefficient (Wildman–Crippen LogP) is 5.75. The second-order valence-electron chi connectivity index (χ2n) is 8.16. The largest absolute Gasteiger partial charge is 0.319 e. The van der Waals surface area contributed by atoms with E-state index in [9.17, 15) is 9.59 Å². The van der Waals surface area contributed by atoms with E-state index in [2.05, 4.69) is 32.2 Å². The van der Waals surface area contributed by atoms with Crippen LogP contribution < -0.4 is 5.32 Å². The third-order valence-electron chi connectivity index (χ3n) is 4.32. The number of ketones is 1. The van der Waals surface area contributed by atoms with Crippen LogP contribution in [0.15, 0.2) is 66.0 Å². The standard InChI is InChI=1S/C24H25NO2S/c1-24(2,3)16-18-8-12-20(13-9-18)25-23(27)21(26)15-17-6-10-19(11-7-17)22-5-4-14-28-22/h4-14H,15-16H2,1-3H3,(H,25,27). The topological polar surface area (TPSA) is 46.2 Å². The Morgan fingerprint density at radius 2 is 1.54 bits per heavy atom. The summed E-state index contributed by atoms with van der Waals surface area (Å²) < 4.78 is 0. The lowest BCUT2D eigenvalue weighted by atomic mass is 9.88. The van der Waals surface area contributed by atoms with Gasteiger partial charge < -0.3 is 5.32 Å². The van der Waals surface area contributed by atoms with Crippen molar-refractivity contribution in [3.63, 3.8) is 0 Å². The van der Waals surface area contributed by atoms with Crippen LogP contribution in [0, 0.1) is 5.41 Å². The van der Waals surface area contributed by atoms with Gasteiger partial charge in [0.1, 0.15) is 0 Å². The minimum Gasteiger partial charge on any atom is -0.319 e. The van der Waals surface area contributed by atoms with Crippen molar-refractivity contribution in [1.82, 2.24) is 0 Å². The van der Waals surface area contributed by atoms with Crippen molar-refractivity contribution >= 4 is 28.7 Å². The third-order valence-corrected chi connectivity index (χ3v) is 5.24. The summed E-state index contributed by atoms with van der Waals surface area (Å²) in [5.74, 6) is -1.02. The van der Waals surface area contributed by atoms with Crippen molar-refractivity contribution in [2.45, 2.75) is 33.6 Å². The zero-order valence-corrected chi connectivity index (χ0v) is 17.3. The molecule has 0 unspecified atom stereocenters. The van der Waals surface area contributed by atoms with E-state index in [-0.39, 0.29) is 11.8 Å². The highest BCUT2D eigenvalue weighted by Crippen LogP contribution is 2.25. The summed E-state index contributed by atoms with van der Waals surface area (Å²) in [6.07, 6.45) is 1.06. The number of carbonyl (C=O) groups is 2. The summed E-state index contributed by atoms with van der Waals surface area (Å²) >= 11 is 1.67. The second-order valence-corrected chi connectivity index (χ2v) is 9.11. The number of hydrogen-bond acceptors (Lipinski definition) is 3. The molecular weight excluding hydrogens is 366 g/mol. The van der Waals surface area contributed by atoms with Crippen molar-refractivity contribution in [1.29, 1.82) is 0 Å². The van der Waals surface area contributed by atoms with Gasteiger partial charge in [0.2, 0.25) is 5.78 Å². The highest BCUT2D eigenvalue weighted by Gasteiger charge is 2.15. The molecule has 0 aliphatic heterocycles. The normalized spacial score (nSPS) is 11.2. The molecule has 2 aromatic carbocycles. The van der Waals surface area contributed by atoms with Crippen molar-refractivity contribution in [3.05, 3.63) is 77.2 Å². The van der Waals surface area contributed by atoms with Crippen LogP contribution in [-0.4, -0.2) is 11.7 Å². The molecule has 0 spiro atoms. The SMILES string of the molecule is CC(C)(C)Cc1ccc(NC(=O)C(=O)Cc2ccc(-c3cccs3)cc2)cc1. The maximum atomic E-state index is 12.3. The number of carbonyl (C=O) groups excluding carboxylic acids is 2. The van der Waals surface area contributed by atoms with Crippen LogP contribution in [0.5, 0.6) is 0 Å². The second kappa shape index (κ2) is 8.53. The summed E-state index contributed by atoms with van der Waals surface area (Å²) in [6, 6.07) is 19.5. The molecule has 3 nitrogen and oxygen atoms in total. The first-order valence-electron chi connectivity index (χ1n) is 9.36. The molecule has 0 atom stereocenters. The fourth-order valence-electron chi connectivity index (χ4n) is 3.01. The maximum Gasteiger partial charge on any atom is 0.292 e. The van der Waals surface area contributed by atoms with Gasteiger partial charge in [-0.3, -0.25) is 9.59 Å². The summed E-state index contributed by atoms with van der Waals surface area (Å²) in [6.45, 7) is 6.57. The lowest BCUT2D eigenvalue weighted by molar-refractivity contribution is -0.134. The Bertz CT molecular complexity index is 934. The van der Waals surface area contributed by atoms with Crippen LogP contribution in [0.25, 0.3) is 10.4 Å². The van der Waals surface area contributed by atoms with Gasteiger partial charge in [-0.15, -0.1) is 11.3 Å². The fraction of sp³-hybridized carbons (Fsp3) is 0.250. The molecule has 28 heavy (non-hydrogen) atoms. The number of hydrogen-bond donors (Lipinski definition) is 1. The molecule has 3 aromatic rings. The number of benzene rings is 2. The van der Waals surface area contributed by atoms with E-state index in [1.165, 1.54) is 10.4 Å². The molecule has 1 N–H and O–H groups in total. The summed E-state index contributed by atoms with van der Waals surface area (Å²) in [7, 11) is 0. The molecule has 144 valence electrons. The smallest absolute Gasteiger partial charge is 0.292 e. The van der Waals surface area contributed by atoms with Gasteiger partial charge in [0.05, 0.1) is 0 Å². The minimum atomic E-state index is -0.578. The molecule has 0 aliphatic rings. The summed E-state index contributed by atoms with van der Waals surface area (Å²) in [5.41, 5.74) is 4.01. The Hall–Kier alpha value is -2.72. The van der Waals surface area contributed by atoms with E-state index in [1.54, 1.807) is 11.3 Å². The van der Waals surface area contributed by atoms with E-state index >= 15 is 0 Å². The molecule has 0 fully saturated rings. The number of Topliss-reactive ketones (excluding diaryl/α,β-unsaturated/α-hetero) is 1. The van der Waals surface area contributed by atoms with E-state index in [0.717, 1.165) is 17.5 Å². The minimum absolute atomic E-state index is 0.0959. The average molecular weight is 392 g/mol. The molecular formula is C24H25NO2S. The van der Waals surface area contributed by atoms with Crippen LogP contribution in [0.2, 0.25) is 0 Å². The Morgan fingerprint density at radius 1 is 0.893 bits per heavy atom. The molecule has 0 aliphatic carbocycles. The average Bonchev–Trinajstić information content (AvgIpc) is 3.17. The van der Waals surface area contributed by atoms with Gasteiger partial charge >= 0.3 is 0 Å². The molecule has 1 heterocycles. The Balaban J connectivity index is 1.56. The van der Waals surface area contributed by atoms with Crippen molar-refractivity contribution in [2.24, 2.45) is 5.41 Å². The predicted molar refractivity (Wildman–Crippen MR) is 117 cm³/mol. The molecule has 1 aromatic heterocycles. The van der Waals surface area contributed by atoms with Crippen LogP contribution in [0.4, 0.5) is 5.69 Å². The van der Waals surface area contributed by atoms with E-state index < -0.39 is 11.7 Å². The highest BCUT2D eigenvalue weighted by atomic mass is 32.1. The lowest BCUT2D eigenvalue weighted by Gasteiger charge is -2.18. The molecule has 4 heteroatoms. The molecule has 1 amide bonds. The third kappa shape index (κ3) is 5.64. The zero-order chi connectivity index (χ0) is 20.1. The number of amides is 1. The molecule has 0 saturated heterocycles. The van der Waals surface area contributed by atoms with Gasteiger partial charge in [0.15, 0.2) is 0 Å². The molecule has 3 rings (SSSR count). The number of nitrogens with one attached hydrogen (secondary N) is 1. The van der Waals surface area contributed by atoms with E-state index in [4.69, 9.17) is 0 Å². The van der Waals surface area contributed by atoms with Gasteiger partial charge in [-0.2, -0.15) is 0 Å². The van der Waals surface area contributed by atoms with Crippen molar-refractivity contribution in [3.8, 4) is 10.4 Å². The quantitative estimate of drug-likeness (QED) is 0.544. The summed E-state index contributed by atoms with van der Waals surface area (Å²) in [5, 5.41) is 4.73. The monoisotopic (exact) mass is 391 g/mol. The number of rotatable bonds is 6. The molecule has 0 radical (unpaired) electrons. The first-order chi connectivity index (χ1) is 13.3. The van der Waals surface area contributed by atoms with Gasteiger partial charge in [-0.1, -0.05) is 63.2 Å². The van der Waals surface area contributed by atoms with Crippen molar-refractivity contribution < 1.29 is 9.59 Å². The van der Waals surface area contributed by atoms with Crippen LogP contribution in [-0.2, 0) is 22.4 Å². The Kier molecular flexibility index (Phi) is 6.10. The van der Waals surface area contributed by atoms with Gasteiger partial charge in [-0.25, -0.2) is 0 Å². The number of anilines is 1. The molecule has 0 saturated carbocycles. The van der Waals surface area contributed by atoms with Crippen LogP contribution in [0.3, 0.4) is 0 Å². The van der Waals surface area contributed by atoms with Gasteiger partial charge in [-0.05, 0) is 52.1 Å². The van der Waals surface area contributed by atoms with Crippen LogP contribution in [0.1, 0.15) is 31.9 Å². The lowest BCUT2D eigenvalue weighted by Crippen LogP contribution is -2.24. The Morgan fingerprint density at radius 3 is 2.11 bits per heavy atom. The maximum absolute atomic E-state index is 12.3. The van der Waals surface area contributed by atoms with Gasteiger partial charge in [0, 0.05) is 17.0 Å². The van der Waals surface area contributed by atoms with Gasteiger partial charge in [0.25, 0.3) is 5.91 Å². The van der Waals surface area contributed by atoms with Crippen molar-refractivity contribution in [2.75, 3.05) is 5.32 Å². The highest BCUT2D eigenvalue weighted by molar-refractivity contribution is 7.13. The zero-order valence-electron chi connectivity index (χ0n) is 16.5. The Labute approximate surface area is 170 Å². The summed E-state index contributed by atoms with van der Waals surface area (Å²) in [4.78, 5) is 25.7. The number of thiophene rings is 1. The van der Waals surface area contributed by atoms with E-state index in [0.29, 0.717) is 5.69 Å². The molecule has 0 bridgehead atoms. The first-order valence-corrected chi connectivity index (χ1v) is 10.2. The first kappa shape index (κ1) is 20.0. The fourth-order valence-corrected chi connectivity index (χ4v) is 3.75. The van der Waals surface area contributed by atoms with E-state index in [1.807, 2.05) is 60.0 Å².